The van der Waals surface area contributed by atoms with Crippen LogP contribution in [0, 0.1) is 12.8 Å². The van der Waals surface area contributed by atoms with Crippen molar-refractivity contribution in [2.75, 3.05) is 0 Å². The molecular formula is C22H28N6O2. The van der Waals surface area contributed by atoms with Crippen LogP contribution in [0.5, 0.6) is 0 Å². The van der Waals surface area contributed by atoms with E-state index in [-0.39, 0.29) is 24.2 Å². The molecule has 2 heterocycles. The molecule has 1 aromatic carbocycles. The van der Waals surface area contributed by atoms with Crippen molar-refractivity contribution in [2.45, 2.75) is 71.0 Å². The van der Waals surface area contributed by atoms with E-state index in [0.717, 1.165) is 30.4 Å². The second-order valence-corrected chi connectivity index (χ2v) is 8.72. The molecule has 0 aliphatic heterocycles. The molecule has 0 saturated heterocycles. The summed E-state index contributed by atoms with van der Waals surface area (Å²) >= 11 is 0. The molecule has 158 valence electrons. The van der Waals surface area contributed by atoms with Gasteiger partial charge in [-0.05, 0) is 56.7 Å². The Morgan fingerprint density at radius 1 is 1.17 bits per heavy atom. The summed E-state index contributed by atoms with van der Waals surface area (Å²) in [6.45, 7) is 2.83. The molecule has 2 saturated carbocycles. The smallest absolute Gasteiger partial charge is 0.329 e. The van der Waals surface area contributed by atoms with Gasteiger partial charge in [0.2, 0.25) is 0 Å². The van der Waals surface area contributed by atoms with Crippen molar-refractivity contribution < 1.29 is 4.79 Å². The molecule has 5 rings (SSSR count). The zero-order valence-electron chi connectivity index (χ0n) is 17.4. The minimum absolute atomic E-state index is 0.0811. The number of aryl methyl sites for hydroxylation is 1. The third-order valence-corrected chi connectivity index (χ3v) is 6.35. The van der Waals surface area contributed by atoms with Crippen molar-refractivity contribution in [2.24, 2.45) is 5.92 Å². The van der Waals surface area contributed by atoms with Gasteiger partial charge in [-0.25, -0.2) is 9.78 Å². The maximum absolute atomic E-state index is 13.4. The minimum atomic E-state index is -0.185. The quantitative estimate of drug-likeness (QED) is 0.655. The average Bonchev–Trinajstić information content (AvgIpc) is 3.43. The Morgan fingerprint density at radius 3 is 2.67 bits per heavy atom. The summed E-state index contributed by atoms with van der Waals surface area (Å²) in [6.07, 6.45) is 8.07. The lowest BCUT2D eigenvalue weighted by atomic mass is 9.95. The van der Waals surface area contributed by atoms with E-state index in [1.807, 2.05) is 34.3 Å². The number of nitrogens with one attached hydrogen (secondary N) is 2. The van der Waals surface area contributed by atoms with Gasteiger partial charge in [0.1, 0.15) is 5.82 Å². The number of carbonyl (C=O) groups excluding carboxylic acids is 1. The highest BCUT2D eigenvalue weighted by molar-refractivity contribution is 5.97. The highest BCUT2D eigenvalue weighted by Crippen LogP contribution is 2.33. The van der Waals surface area contributed by atoms with Gasteiger partial charge in [0.05, 0.1) is 17.6 Å². The van der Waals surface area contributed by atoms with Crippen LogP contribution < -0.4 is 11.0 Å². The number of imidazole rings is 1. The van der Waals surface area contributed by atoms with E-state index in [0.29, 0.717) is 23.1 Å². The second kappa shape index (κ2) is 7.74. The first kappa shape index (κ1) is 19.1. The number of rotatable bonds is 6. The summed E-state index contributed by atoms with van der Waals surface area (Å²) in [5, 5.41) is 9.70. The van der Waals surface area contributed by atoms with Crippen LogP contribution in [0.15, 0.2) is 23.0 Å². The number of hydrogen-bond donors (Lipinski definition) is 2. The normalized spacial score (nSPS) is 17.5. The molecule has 3 aromatic rings. The highest BCUT2D eigenvalue weighted by Gasteiger charge is 2.27. The van der Waals surface area contributed by atoms with Crippen LogP contribution in [0.25, 0.3) is 11.0 Å². The lowest BCUT2D eigenvalue weighted by Crippen LogP contribution is -2.29. The Hall–Kier alpha value is -2.90. The van der Waals surface area contributed by atoms with Crippen LogP contribution in [0.3, 0.4) is 0 Å². The largest absolute Gasteiger partial charge is 0.345 e. The van der Waals surface area contributed by atoms with E-state index >= 15 is 0 Å². The second-order valence-electron chi connectivity index (χ2n) is 8.72. The molecule has 2 fully saturated rings. The monoisotopic (exact) mass is 408 g/mol. The van der Waals surface area contributed by atoms with E-state index in [1.165, 1.54) is 32.1 Å². The molecule has 0 radical (unpaired) electrons. The van der Waals surface area contributed by atoms with Gasteiger partial charge >= 0.3 is 5.69 Å². The first-order valence-corrected chi connectivity index (χ1v) is 11.0. The highest BCUT2D eigenvalue weighted by atomic mass is 16.2. The summed E-state index contributed by atoms with van der Waals surface area (Å²) in [5.41, 5.74) is 2.46. The molecule has 8 heteroatoms. The van der Waals surface area contributed by atoms with E-state index in [9.17, 15) is 9.59 Å². The summed E-state index contributed by atoms with van der Waals surface area (Å²) in [4.78, 5) is 30.3. The van der Waals surface area contributed by atoms with Gasteiger partial charge in [-0.15, -0.1) is 0 Å². The number of aromatic amines is 1. The summed E-state index contributed by atoms with van der Waals surface area (Å²) in [5.74, 6) is 1.67. The van der Waals surface area contributed by atoms with E-state index in [4.69, 9.17) is 0 Å². The third-order valence-electron chi connectivity index (χ3n) is 6.35. The van der Waals surface area contributed by atoms with E-state index in [1.54, 1.807) is 0 Å². The number of carbonyl (C=O) groups is 1. The van der Waals surface area contributed by atoms with Gasteiger partial charge in [-0.1, -0.05) is 19.3 Å². The number of nitrogens with zero attached hydrogens (tertiary/aromatic N) is 4. The Labute approximate surface area is 174 Å². The van der Waals surface area contributed by atoms with Crippen molar-refractivity contribution in [1.29, 1.82) is 0 Å². The number of fused-ring (bicyclic) bond motifs is 1. The number of hydrogen-bond acceptors (Lipinski definition) is 4. The first-order valence-electron chi connectivity index (χ1n) is 11.0. The molecule has 30 heavy (non-hydrogen) atoms. The summed E-state index contributed by atoms with van der Waals surface area (Å²) in [6, 6.07) is 5.90. The van der Waals surface area contributed by atoms with Crippen LogP contribution in [0.1, 0.15) is 73.0 Å². The molecule has 2 aromatic heterocycles. The molecule has 0 unspecified atom stereocenters. The van der Waals surface area contributed by atoms with Crippen molar-refractivity contribution in [3.63, 3.8) is 0 Å². The van der Waals surface area contributed by atoms with Gasteiger partial charge < -0.3 is 5.32 Å². The number of amides is 1. The Bertz CT molecular complexity index is 1130. The van der Waals surface area contributed by atoms with Crippen molar-refractivity contribution in [3.8, 4) is 0 Å². The lowest BCUT2D eigenvalue weighted by molar-refractivity contribution is 0.0950. The average molecular weight is 409 g/mol. The van der Waals surface area contributed by atoms with Gasteiger partial charge in [-0.3, -0.25) is 19.0 Å². The number of H-pyrrole nitrogens is 1. The van der Waals surface area contributed by atoms with Gasteiger partial charge in [0.15, 0.2) is 5.82 Å². The summed E-state index contributed by atoms with van der Waals surface area (Å²) in [7, 11) is 0. The van der Waals surface area contributed by atoms with Gasteiger partial charge in [0, 0.05) is 18.2 Å². The fraction of sp³-hybridized carbons (Fsp3) is 0.545. The zero-order chi connectivity index (χ0) is 20.7. The number of aromatic nitrogens is 5. The maximum Gasteiger partial charge on any atom is 0.329 e. The predicted octanol–water partition coefficient (Wildman–Crippen LogP) is 3.07. The Balaban J connectivity index is 1.47. The fourth-order valence-electron chi connectivity index (χ4n) is 4.58. The SMILES string of the molecule is Cc1nc(CNC(=O)c2ccc3c(c2)n(CC2CC2)c(=O)n3C2CCCCC2)n[nH]1. The molecule has 0 atom stereocenters. The van der Waals surface area contributed by atoms with Crippen LogP contribution in [-0.4, -0.2) is 30.2 Å². The van der Waals surface area contributed by atoms with Crippen molar-refractivity contribution in [3.05, 3.63) is 45.9 Å². The molecule has 2 aliphatic rings. The van der Waals surface area contributed by atoms with Crippen LogP contribution in [0.4, 0.5) is 0 Å². The molecular weight excluding hydrogens is 380 g/mol. The first-order chi connectivity index (χ1) is 14.6. The van der Waals surface area contributed by atoms with Crippen LogP contribution in [0.2, 0.25) is 0 Å². The fourth-order valence-corrected chi connectivity index (χ4v) is 4.58. The van der Waals surface area contributed by atoms with Gasteiger partial charge in [0.25, 0.3) is 5.91 Å². The topological polar surface area (TPSA) is 97.6 Å². The molecule has 2 aliphatic carbocycles. The van der Waals surface area contributed by atoms with Crippen LogP contribution >= 0.6 is 0 Å². The minimum Gasteiger partial charge on any atom is -0.345 e. The molecule has 0 spiro atoms. The van der Waals surface area contributed by atoms with E-state index in [2.05, 4.69) is 20.5 Å². The molecule has 0 bridgehead atoms. The molecule has 8 nitrogen and oxygen atoms in total. The Kier molecular flexibility index (Phi) is 4.92. The predicted molar refractivity (Wildman–Crippen MR) is 113 cm³/mol. The van der Waals surface area contributed by atoms with Crippen molar-refractivity contribution >= 4 is 16.9 Å². The van der Waals surface area contributed by atoms with Gasteiger partial charge in [-0.2, -0.15) is 5.10 Å². The van der Waals surface area contributed by atoms with Crippen LogP contribution in [-0.2, 0) is 13.1 Å². The maximum atomic E-state index is 13.4. The summed E-state index contributed by atoms with van der Waals surface area (Å²) < 4.78 is 3.89. The molecule has 1 amide bonds. The standard InChI is InChI=1S/C22H28N6O2/c1-14-24-20(26-25-14)12-23-21(29)16-9-10-18-19(11-16)27(13-15-7-8-15)22(30)28(18)17-5-3-2-4-6-17/h9-11,15,17H,2-8,12-13H2,1H3,(H,23,29)(H,24,25,26). The van der Waals surface area contributed by atoms with E-state index < -0.39 is 0 Å². The van der Waals surface area contributed by atoms with Crippen molar-refractivity contribution in [1.82, 2.24) is 29.6 Å². The lowest BCUT2D eigenvalue weighted by Gasteiger charge is -2.23. The Morgan fingerprint density at radius 2 is 1.97 bits per heavy atom. The number of benzene rings is 1. The molecule has 2 N–H and O–H groups in total. The zero-order valence-corrected chi connectivity index (χ0v) is 17.4. The third kappa shape index (κ3) is 3.66.